The molecule has 1 aliphatic rings. The molecule has 4 rings (SSSR count). The molecule has 0 spiro atoms. The summed E-state index contributed by atoms with van der Waals surface area (Å²) in [5.74, 6) is 0. The molecule has 1 saturated heterocycles. The quantitative estimate of drug-likeness (QED) is 0.428. The number of benzene rings is 3. The van der Waals surface area contributed by atoms with Crippen molar-refractivity contribution in [3.8, 4) is 0 Å². The Hall–Kier alpha value is -2.46. The molecule has 0 aromatic heterocycles. The first kappa shape index (κ1) is 17.9. The molecule has 3 nitrogen and oxygen atoms in total. The largest absolute Gasteiger partial charge is 0.358 e. The summed E-state index contributed by atoms with van der Waals surface area (Å²) in [4.78, 5) is 0. The molecule has 27 heavy (non-hydrogen) atoms. The summed E-state index contributed by atoms with van der Waals surface area (Å²) in [5, 5.41) is 0. The van der Waals surface area contributed by atoms with Crippen LogP contribution in [0.5, 0.6) is 0 Å². The molecule has 1 atom stereocenters. The minimum Gasteiger partial charge on any atom is -0.358 e. The lowest BCUT2D eigenvalue weighted by atomic mass is 9.80. The van der Waals surface area contributed by atoms with Crippen LogP contribution in [-0.2, 0) is 19.8 Å². The van der Waals surface area contributed by atoms with Crippen LogP contribution in [0.1, 0.15) is 23.1 Å². The predicted molar refractivity (Wildman–Crippen MR) is 105 cm³/mol. The fourth-order valence-electron chi connectivity index (χ4n) is 3.49. The molecule has 0 bridgehead atoms. The van der Waals surface area contributed by atoms with E-state index >= 15 is 0 Å². The smallest absolute Gasteiger partial charge is 0.159 e. The van der Waals surface area contributed by atoms with Gasteiger partial charge in [0.1, 0.15) is 5.60 Å². The van der Waals surface area contributed by atoms with E-state index in [4.69, 9.17) is 14.2 Å². The zero-order valence-electron chi connectivity index (χ0n) is 15.3. The van der Waals surface area contributed by atoms with Crippen LogP contribution in [0.2, 0.25) is 0 Å². The van der Waals surface area contributed by atoms with Gasteiger partial charge in [0.15, 0.2) is 6.29 Å². The normalized spacial score (nSPS) is 16.7. The van der Waals surface area contributed by atoms with Crippen molar-refractivity contribution in [1.29, 1.82) is 0 Å². The van der Waals surface area contributed by atoms with Crippen LogP contribution in [0.15, 0.2) is 91.0 Å². The lowest BCUT2D eigenvalue weighted by Crippen LogP contribution is -2.35. The fraction of sp³-hybridized carbons (Fsp3) is 0.250. The van der Waals surface area contributed by atoms with Crippen molar-refractivity contribution >= 4 is 0 Å². The molecule has 0 amide bonds. The van der Waals surface area contributed by atoms with E-state index < -0.39 is 5.60 Å². The molecule has 3 aromatic carbocycles. The zero-order valence-corrected chi connectivity index (χ0v) is 15.3. The summed E-state index contributed by atoms with van der Waals surface area (Å²) in [5.41, 5.74) is 2.61. The Bertz CT molecular complexity index is 717. The van der Waals surface area contributed by atoms with E-state index in [9.17, 15) is 0 Å². The van der Waals surface area contributed by atoms with Gasteiger partial charge < -0.3 is 14.2 Å². The Morgan fingerprint density at radius 3 is 1.52 bits per heavy atom. The monoisotopic (exact) mass is 360 g/mol. The topological polar surface area (TPSA) is 27.7 Å². The average Bonchev–Trinajstić information content (AvgIpc) is 2.71. The third-order valence-corrected chi connectivity index (χ3v) is 4.90. The molecule has 0 saturated carbocycles. The van der Waals surface area contributed by atoms with Gasteiger partial charge in [-0.25, -0.2) is 0 Å². The highest BCUT2D eigenvalue weighted by Gasteiger charge is 2.37. The van der Waals surface area contributed by atoms with Gasteiger partial charge in [0.25, 0.3) is 0 Å². The number of hydrogen-bond donors (Lipinski definition) is 0. The molecule has 138 valence electrons. The molecule has 3 heteroatoms. The third kappa shape index (κ3) is 3.81. The van der Waals surface area contributed by atoms with Crippen LogP contribution in [0, 0.1) is 0 Å². The van der Waals surface area contributed by atoms with Crippen molar-refractivity contribution in [2.45, 2.75) is 18.3 Å². The van der Waals surface area contributed by atoms with Gasteiger partial charge in [-0.2, -0.15) is 0 Å². The number of rotatable bonds is 8. The minimum atomic E-state index is -0.687. The number of ether oxygens (including phenoxy) is 3. The van der Waals surface area contributed by atoms with E-state index in [2.05, 4.69) is 72.8 Å². The van der Waals surface area contributed by atoms with Gasteiger partial charge in [0, 0.05) is 6.42 Å². The molecule has 0 N–H and O–H groups in total. The van der Waals surface area contributed by atoms with Gasteiger partial charge in [0.2, 0.25) is 0 Å². The Labute approximate surface area is 160 Å². The zero-order chi connectivity index (χ0) is 18.4. The maximum absolute atomic E-state index is 6.63. The summed E-state index contributed by atoms with van der Waals surface area (Å²) >= 11 is 0. The van der Waals surface area contributed by atoms with Crippen LogP contribution >= 0.6 is 0 Å². The molecule has 1 heterocycles. The first-order valence-electron chi connectivity index (χ1n) is 9.43. The first-order chi connectivity index (χ1) is 13.4. The highest BCUT2D eigenvalue weighted by atomic mass is 16.7. The van der Waals surface area contributed by atoms with Gasteiger partial charge in [-0.15, -0.1) is 0 Å². The molecule has 1 aliphatic heterocycles. The Morgan fingerprint density at radius 2 is 1.15 bits per heavy atom. The molecular weight excluding hydrogens is 336 g/mol. The first-order valence-corrected chi connectivity index (χ1v) is 9.43. The van der Waals surface area contributed by atoms with Crippen molar-refractivity contribution in [2.24, 2.45) is 0 Å². The maximum atomic E-state index is 6.63. The van der Waals surface area contributed by atoms with Gasteiger partial charge in [-0.1, -0.05) is 91.0 Å². The summed E-state index contributed by atoms with van der Waals surface area (Å²) in [6.07, 6.45) is 0.884. The Morgan fingerprint density at radius 1 is 0.704 bits per heavy atom. The van der Waals surface area contributed by atoms with Crippen LogP contribution in [-0.4, -0.2) is 26.1 Å². The van der Waals surface area contributed by atoms with E-state index in [0.29, 0.717) is 13.2 Å². The van der Waals surface area contributed by atoms with Crippen molar-refractivity contribution in [2.75, 3.05) is 19.8 Å². The second-order valence-electron chi connectivity index (χ2n) is 6.59. The second kappa shape index (κ2) is 8.49. The van der Waals surface area contributed by atoms with Gasteiger partial charge in [0.05, 0.1) is 19.8 Å². The van der Waals surface area contributed by atoms with Crippen LogP contribution in [0.25, 0.3) is 0 Å². The summed E-state index contributed by atoms with van der Waals surface area (Å²) in [7, 11) is 0. The summed E-state index contributed by atoms with van der Waals surface area (Å²) in [6.45, 7) is 1.75. The summed E-state index contributed by atoms with van der Waals surface area (Å²) in [6, 6.07) is 31.1. The van der Waals surface area contributed by atoms with Crippen molar-refractivity contribution < 1.29 is 14.2 Å². The van der Waals surface area contributed by atoms with E-state index in [1.807, 2.05) is 18.2 Å². The SMILES string of the molecule is c1ccc(C(OCCOC2CCO2)(c2ccccc2)c2ccccc2)cc1. The van der Waals surface area contributed by atoms with Crippen LogP contribution in [0.3, 0.4) is 0 Å². The Balaban J connectivity index is 1.71. The van der Waals surface area contributed by atoms with E-state index in [1.54, 1.807) is 0 Å². The lowest BCUT2D eigenvalue weighted by molar-refractivity contribution is -0.221. The Kier molecular flexibility index (Phi) is 5.64. The molecule has 0 radical (unpaired) electrons. The standard InChI is InChI=1S/C24H24O3/c1-4-10-20(11-5-1)24(21-12-6-2-7-13-21,22-14-8-3-9-15-22)27-19-18-26-23-16-17-25-23/h1-15,23H,16-19H2. The van der Waals surface area contributed by atoms with Crippen LogP contribution in [0.4, 0.5) is 0 Å². The van der Waals surface area contributed by atoms with Crippen LogP contribution < -0.4 is 0 Å². The average molecular weight is 360 g/mol. The summed E-state index contributed by atoms with van der Waals surface area (Å²) < 4.78 is 17.7. The minimum absolute atomic E-state index is 0.0758. The fourth-order valence-corrected chi connectivity index (χ4v) is 3.49. The molecule has 0 aliphatic carbocycles. The van der Waals surface area contributed by atoms with Crippen molar-refractivity contribution in [3.05, 3.63) is 108 Å². The third-order valence-electron chi connectivity index (χ3n) is 4.90. The lowest BCUT2D eigenvalue weighted by Gasteiger charge is -2.36. The highest BCUT2D eigenvalue weighted by Crippen LogP contribution is 2.40. The van der Waals surface area contributed by atoms with E-state index in [1.165, 1.54) is 0 Å². The van der Waals surface area contributed by atoms with E-state index in [-0.39, 0.29) is 6.29 Å². The van der Waals surface area contributed by atoms with E-state index in [0.717, 1.165) is 29.7 Å². The number of hydrogen-bond acceptors (Lipinski definition) is 3. The van der Waals surface area contributed by atoms with Gasteiger partial charge in [-0.3, -0.25) is 0 Å². The van der Waals surface area contributed by atoms with Gasteiger partial charge >= 0.3 is 0 Å². The van der Waals surface area contributed by atoms with Crippen molar-refractivity contribution in [1.82, 2.24) is 0 Å². The molecule has 1 unspecified atom stereocenters. The van der Waals surface area contributed by atoms with Crippen molar-refractivity contribution in [3.63, 3.8) is 0 Å². The molecule has 3 aromatic rings. The molecule has 1 fully saturated rings. The maximum Gasteiger partial charge on any atom is 0.159 e. The molecular formula is C24H24O3. The second-order valence-corrected chi connectivity index (χ2v) is 6.59. The van der Waals surface area contributed by atoms with Gasteiger partial charge in [-0.05, 0) is 16.7 Å². The predicted octanol–water partition coefficient (Wildman–Crippen LogP) is 4.76. The highest BCUT2D eigenvalue weighted by molar-refractivity contribution is 5.47.